The van der Waals surface area contributed by atoms with Crippen LogP contribution in [0.1, 0.15) is 17.3 Å². The molecule has 0 aliphatic rings. The Hall–Kier alpha value is -3.91. The molecule has 0 fully saturated rings. The Balaban J connectivity index is 1.52. The molecular weight excluding hydrogens is 398 g/mol. The number of hydrogen-bond acceptors (Lipinski definition) is 6. The fourth-order valence-corrected chi connectivity index (χ4v) is 3.60. The topological polar surface area (TPSA) is 96.9 Å². The Morgan fingerprint density at radius 3 is 2.60 bits per heavy atom. The minimum absolute atomic E-state index is 0.249. The van der Waals surface area contributed by atoms with E-state index in [9.17, 15) is 9.59 Å². The quantitative estimate of drug-likeness (QED) is 0.501. The van der Waals surface area contributed by atoms with Gasteiger partial charge in [-0.3, -0.25) is 14.6 Å². The molecule has 1 aromatic carbocycles. The molecule has 148 valence electrons. The number of nitrogens with zero attached hydrogens (tertiary/aromatic N) is 3. The summed E-state index contributed by atoms with van der Waals surface area (Å²) in [6.07, 6.45) is 3.22. The Morgan fingerprint density at radius 1 is 0.900 bits per heavy atom. The summed E-state index contributed by atoms with van der Waals surface area (Å²) >= 11 is 1.52. The highest BCUT2D eigenvalue weighted by Crippen LogP contribution is 2.29. The van der Waals surface area contributed by atoms with E-state index in [-0.39, 0.29) is 11.8 Å². The van der Waals surface area contributed by atoms with Gasteiger partial charge in [-0.2, -0.15) is 0 Å². The normalized spacial score (nSPS) is 10.4. The lowest BCUT2D eigenvalue weighted by Gasteiger charge is -2.08. The fraction of sp³-hybridized carbons (Fsp3) is 0.0455. The van der Waals surface area contributed by atoms with E-state index >= 15 is 0 Å². The molecule has 0 aliphatic carbocycles. The van der Waals surface area contributed by atoms with Gasteiger partial charge in [0.05, 0.1) is 11.4 Å². The summed E-state index contributed by atoms with van der Waals surface area (Å²) < 4.78 is 0. The first-order chi connectivity index (χ1) is 14.6. The van der Waals surface area contributed by atoms with Crippen LogP contribution in [0.5, 0.6) is 0 Å². The molecule has 7 nitrogen and oxygen atoms in total. The number of amides is 2. The van der Waals surface area contributed by atoms with Crippen molar-refractivity contribution in [3.8, 4) is 22.0 Å². The number of thiazole rings is 1. The molecule has 0 bridgehead atoms. The first kappa shape index (κ1) is 19.4. The first-order valence-electron chi connectivity index (χ1n) is 9.11. The molecule has 4 rings (SSSR count). The van der Waals surface area contributed by atoms with Crippen LogP contribution in [0.2, 0.25) is 0 Å². The van der Waals surface area contributed by atoms with Gasteiger partial charge < -0.3 is 10.6 Å². The zero-order valence-corrected chi connectivity index (χ0v) is 16.8. The van der Waals surface area contributed by atoms with Crippen molar-refractivity contribution < 1.29 is 9.59 Å². The average molecular weight is 415 g/mol. The van der Waals surface area contributed by atoms with E-state index in [1.165, 1.54) is 30.5 Å². The Bertz CT molecular complexity index is 1210. The van der Waals surface area contributed by atoms with Crippen molar-refractivity contribution in [2.75, 3.05) is 10.6 Å². The monoisotopic (exact) mass is 415 g/mol. The lowest BCUT2D eigenvalue weighted by molar-refractivity contribution is -0.114. The van der Waals surface area contributed by atoms with Gasteiger partial charge in [-0.15, -0.1) is 11.3 Å². The van der Waals surface area contributed by atoms with Crippen LogP contribution in [0.4, 0.5) is 11.5 Å². The highest BCUT2D eigenvalue weighted by Gasteiger charge is 2.11. The number of aromatic nitrogens is 3. The molecule has 4 aromatic rings. The smallest absolute Gasteiger partial charge is 0.255 e. The van der Waals surface area contributed by atoms with Gasteiger partial charge in [0.1, 0.15) is 10.8 Å². The van der Waals surface area contributed by atoms with Crippen LogP contribution in [0.15, 0.2) is 72.4 Å². The van der Waals surface area contributed by atoms with Gasteiger partial charge in [0, 0.05) is 41.5 Å². The van der Waals surface area contributed by atoms with E-state index in [1.807, 2.05) is 47.8 Å². The van der Waals surface area contributed by atoms with Crippen molar-refractivity contribution in [2.24, 2.45) is 0 Å². The standard InChI is InChI=1S/C22H17N5O2S/c1-14(28)25-20-12-16(8-10-24-20)21(29)26-17-6-4-5-15(11-17)19-13-30-22(27-19)18-7-2-3-9-23-18/h2-13H,1H3,(H,26,29)(H,24,25,28). The number of nitrogens with one attached hydrogen (secondary N) is 2. The first-order valence-corrected chi connectivity index (χ1v) is 9.99. The molecular formula is C22H17N5O2S. The number of pyridine rings is 2. The summed E-state index contributed by atoms with van der Waals surface area (Å²) in [6, 6.07) is 16.3. The van der Waals surface area contributed by atoms with Gasteiger partial charge >= 0.3 is 0 Å². The predicted octanol–water partition coefficient (Wildman–Crippen LogP) is 4.48. The number of carbonyl (C=O) groups excluding carboxylic acids is 2. The summed E-state index contributed by atoms with van der Waals surface area (Å²) in [5.41, 5.74) is 3.56. The summed E-state index contributed by atoms with van der Waals surface area (Å²) in [6.45, 7) is 1.39. The number of hydrogen-bond donors (Lipinski definition) is 2. The third kappa shape index (κ3) is 4.56. The van der Waals surface area contributed by atoms with Gasteiger partial charge in [-0.05, 0) is 36.4 Å². The van der Waals surface area contributed by atoms with Gasteiger partial charge in [0.15, 0.2) is 0 Å². The van der Waals surface area contributed by atoms with Crippen molar-refractivity contribution in [1.29, 1.82) is 0 Å². The van der Waals surface area contributed by atoms with Crippen LogP contribution in [0.25, 0.3) is 22.0 Å². The van der Waals surface area contributed by atoms with Crippen LogP contribution < -0.4 is 10.6 Å². The maximum absolute atomic E-state index is 12.6. The molecule has 0 saturated carbocycles. The largest absolute Gasteiger partial charge is 0.322 e. The second kappa shape index (κ2) is 8.62. The van der Waals surface area contributed by atoms with Crippen molar-refractivity contribution >= 4 is 34.7 Å². The summed E-state index contributed by atoms with van der Waals surface area (Å²) in [5, 5.41) is 8.24. The molecule has 0 spiro atoms. The van der Waals surface area contributed by atoms with Crippen LogP contribution in [-0.2, 0) is 4.79 Å². The van der Waals surface area contributed by atoms with Gasteiger partial charge in [0.25, 0.3) is 5.91 Å². The molecule has 30 heavy (non-hydrogen) atoms. The van der Waals surface area contributed by atoms with Crippen LogP contribution >= 0.6 is 11.3 Å². The maximum Gasteiger partial charge on any atom is 0.255 e. The summed E-state index contributed by atoms with van der Waals surface area (Å²) in [7, 11) is 0. The Morgan fingerprint density at radius 2 is 1.80 bits per heavy atom. The predicted molar refractivity (Wildman–Crippen MR) is 117 cm³/mol. The number of anilines is 2. The highest BCUT2D eigenvalue weighted by molar-refractivity contribution is 7.13. The van der Waals surface area contributed by atoms with Crippen LogP contribution in [-0.4, -0.2) is 26.8 Å². The van der Waals surface area contributed by atoms with Gasteiger partial charge in [-0.1, -0.05) is 18.2 Å². The van der Waals surface area contributed by atoms with Crippen molar-refractivity contribution in [3.63, 3.8) is 0 Å². The fourth-order valence-electron chi connectivity index (χ4n) is 2.79. The molecule has 0 unspecified atom stereocenters. The van der Waals surface area contributed by atoms with Gasteiger partial charge in [-0.25, -0.2) is 9.97 Å². The van der Waals surface area contributed by atoms with Crippen LogP contribution in [0.3, 0.4) is 0 Å². The highest BCUT2D eigenvalue weighted by atomic mass is 32.1. The molecule has 0 aliphatic heterocycles. The van der Waals surface area contributed by atoms with E-state index in [2.05, 4.69) is 25.6 Å². The molecule has 8 heteroatoms. The van der Waals surface area contributed by atoms with Gasteiger partial charge in [0.2, 0.25) is 5.91 Å². The zero-order valence-electron chi connectivity index (χ0n) is 16.0. The minimum atomic E-state index is -0.298. The van der Waals surface area contributed by atoms with E-state index in [4.69, 9.17) is 0 Å². The SMILES string of the molecule is CC(=O)Nc1cc(C(=O)Nc2cccc(-c3csc(-c4ccccn4)n3)c2)ccn1. The maximum atomic E-state index is 12.6. The van der Waals surface area contributed by atoms with E-state index in [0.29, 0.717) is 17.1 Å². The lowest BCUT2D eigenvalue weighted by Crippen LogP contribution is -2.13. The summed E-state index contributed by atoms with van der Waals surface area (Å²) in [4.78, 5) is 36.8. The number of benzene rings is 1. The molecule has 3 aromatic heterocycles. The van der Waals surface area contributed by atoms with Crippen molar-refractivity contribution in [3.05, 3.63) is 77.9 Å². The molecule has 3 heterocycles. The van der Waals surface area contributed by atoms with Crippen molar-refractivity contribution in [2.45, 2.75) is 6.92 Å². The third-order valence-corrected chi connectivity index (χ3v) is 5.00. The molecule has 0 atom stereocenters. The third-order valence-electron chi connectivity index (χ3n) is 4.13. The van der Waals surface area contributed by atoms with E-state index in [1.54, 1.807) is 12.3 Å². The number of rotatable bonds is 5. The van der Waals surface area contributed by atoms with Crippen LogP contribution in [0, 0.1) is 0 Å². The second-order valence-corrected chi connectivity index (χ2v) is 7.26. The summed E-state index contributed by atoms with van der Waals surface area (Å²) in [5.74, 6) is -0.219. The lowest BCUT2D eigenvalue weighted by atomic mass is 10.1. The van der Waals surface area contributed by atoms with E-state index < -0.39 is 0 Å². The minimum Gasteiger partial charge on any atom is -0.322 e. The zero-order chi connectivity index (χ0) is 20.9. The van der Waals surface area contributed by atoms with E-state index in [0.717, 1.165) is 22.0 Å². The second-order valence-electron chi connectivity index (χ2n) is 6.40. The molecule has 0 radical (unpaired) electrons. The number of carbonyl (C=O) groups is 2. The average Bonchev–Trinajstić information content (AvgIpc) is 3.25. The van der Waals surface area contributed by atoms with Crippen molar-refractivity contribution in [1.82, 2.24) is 15.0 Å². The molecule has 2 amide bonds. The Kier molecular flexibility index (Phi) is 5.58. The Labute approximate surface area is 176 Å². The molecule has 2 N–H and O–H groups in total. The molecule has 0 saturated heterocycles.